The quantitative estimate of drug-likeness (QED) is 0.657. The number of aryl methyl sites for hydroxylation is 1. The molecule has 3 aliphatic rings. The van der Waals surface area contributed by atoms with Crippen molar-refractivity contribution in [3.63, 3.8) is 0 Å². The molecule has 2 aliphatic heterocycles. The summed E-state index contributed by atoms with van der Waals surface area (Å²) in [6.07, 6.45) is 7.53. The molecule has 0 saturated carbocycles. The van der Waals surface area contributed by atoms with Crippen molar-refractivity contribution in [2.75, 3.05) is 25.7 Å². The zero-order chi connectivity index (χ0) is 21.6. The summed E-state index contributed by atoms with van der Waals surface area (Å²) in [5, 5.41) is 6.79. The molecule has 9 heteroatoms. The number of allylic oxidation sites excluding steroid dienone is 1. The normalized spacial score (nSPS) is 22.1. The zero-order valence-corrected chi connectivity index (χ0v) is 18.0. The van der Waals surface area contributed by atoms with Crippen LogP contribution in [0.4, 0.5) is 0 Å². The molecular weight excluding hydrogens is 406 g/mol. The van der Waals surface area contributed by atoms with Gasteiger partial charge in [0.05, 0.1) is 30.2 Å². The van der Waals surface area contributed by atoms with Gasteiger partial charge < -0.3 is 19.9 Å². The van der Waals surface area contributed by atoms with E-state index in [0.717, 1.165) is 16.8 Å². The number of nitrogens with zero attached hydrogens (tertiary/aromatic N) is 1. The maximum absolute atomic E-state index is 13.1. The standard InChI is InChI=1S/C21H25N3O5S/c1-24-7-6-15-14(11-30(3,27)28)8-13-10-22-19-12(4-5-16(25)29-2)9-23-20(17(13)19)18(15)21(24)26/h6-8,10,12,19,22-23H,4-5,9,11H2,1-3H3. The summed E-state index contributed by atoms with van der Waals surface area (Å²) in [5.41, 5.74) is 4.10. The third kappa shape index (κ3) is 3.58. The summed E-state index contributed by atoms with van der Waals surface area (Å²) in [5.74, 6) is -0.282. The summed E-state index contributed by atoms with van der Waals surface area (Å²) >= 11 is 0. The Kier molecular flexibility index (Phi) is 5.09. The van der Waals surface area contributed by atoms with Gasteiger partial charge in [-0.25, -0.2) is 8.42 Å². The van der Waals surface area contributed by atoms with Crippen molar-refractivity contribution in [2.24, 2.45) is 13.0 Å². The lowest BCUT2D eigenvalue weighted by molar-refractivity contribution is -0.140. The molecule has 0 bridgehead atoms. The summed E-state index contributed by atoms with van der Waals surface area (Å²) in [4.78, 5) is 24.7. The molecule has 0 radical (unpaired) electrons. The van der Waals surface area contributed by atoms with E-state index in [-0.39, 0.29) is 29.2 Å². The number of methoxy groups -OCH3 is 1. The van der Waals surface area contributed by atoms with E-state index in [2.05, 4.69) is 10.6 Å². The molecule has 160 valence electrons. The van der Waals surface area contributed by atoms with Gasteiger partial charge in [-0.2, -0.15) is 0 Å². The largest absolute Gasteiger partial charge is 0.469 e. The van der Waals surface area contributed by atoms with Crippen molar-refractivity contribution in [3.8, 4) is 0 Å². The van der Waals surface area contributed by atoms with Gasteiger partial charge in [-0.05, 0) is 35.3 Å². The second-order valence-electron chi connectivity index (χ2n) is 8.05. The molecule has 1 aromatic heterocycles. The number of nitrogens with one attached hydrogen (secondary N) is 2. The maximum Gasteiger partial charge on any atom is 0.305 e. The number of esters is 1. The van der Waals surface area contributed by atoms with Crippen LogP contribution in [0.5, 0.6) is 0 Å². The first-order chi connectivity index (χ1) is 14.2. The Bertz CT molecular complexity index is 1170. The van der Waals surface area contributed by atoms with Crippen molar-refractivity contribution < 1.29 is 17.9 Å². The second-order valence-corrected chi connectivity index (χ2v) is 10.2. The number of carbonyl (C=O) groups excluding carboxylic acids is 1. The average Bonchev–Trinajstić information content (AvgIpc) is 3.05. The van der Waals surface area contributed by atoms with Crippen LogP contribution in [0.15, 0.2) is 40.5 Å². The first-order valence-corrected chi connectivity index (χ1v) is 11.9. The highest BCUT2D eigenvalue weighted by Gasteiger charge is 2.39. The molecule has 0 fully saturated rings. The highest BCUT2D eigenvalue weighted by atomic mass is 32.2. The highest BCUT2D eigenvalue weighted by Crippen LogP contribution is 2.41. The van der Waals surface area contributed by atoms with Crippen LogP contribution in [0, 0.1) is 5.92 Å². The smallest absolute Gasteiger partial charge is 0.305 e. The van der Waals surface area contributed by atoms with Crippen LogP contribution >= 0.6 is 0 Å². The summed E-state index contributed by atoms with van der Waals surface area (Å²) in [6, 6.07) is 1.74. The molecule has 2 atom stereocenters. The van der Waals surface area contributed by atoms with E-state index in [0.29, 0.717) is 36.1 Å². The SMILES string of the molecule is COC(=O)CCC1CNC2=C3C(=CNC31)C=C(CS(C)(=O)=O)c1ccn(C)c(=O)c12. The molecule has 3 heterocycles. The Morgan fingerprint density at radius 1 is 1.37 bits per heavy atom. The van der Waals surface area contributed by atoms with Gasteiger partial charge in [0, 0.05) is 50.2 Å². The first-order valence-electron chi connectivity index (χ1n) is 9.79. The second kappa shape index (κ2) is 7.46. The summed E-state index contributed by atoms with van der Waals surface area (Å²) in [6.45, 7) is 0.591. The third-order valence-electron chi connectivity index (χ3n) is 5.88. The van der Waals surface area contributed by atoms with E-state index in [1.807, 2.05) is 12.3 Å². The van der Waals surface area contributed by atoms with Crippen molar-refractivity contribution in [1.29, 1.82) is 0 Å². The average molecular weight is 432 g/mol. The fraction of sp³-hybridized carbons (Fsp3) is 0.429. The molecule has 8 nitrogen and oxygen atoms in total. The van der Waals surface area contributed by atoms with Crippen molar-refractivity contribution in [1.82, 2.24) is 15.2 Å². The van der Waals surface area contributed by atoms with Gasteiger partial charge in [-0.15, -0.1) is 0 Å². The van der Waals surface area contributed by atoms with Crippen LogP contribution in [0.3, 0.4) is 0 Å². The topological polar surface area (TPSA) is 106 Å². The molecule has 1 aromatic rings. The highest BCUT2D eigenvalue weighted by molar-refractivity contribution is 7.91. The molecule has 2 unspecified atom stereocenters. The fourth-order valence-electron chi connectivity index (χ4n) is 4.46. The summed E-state index contributed by atoms with van der Waals surface area (Å²) < 4.78 is 30.5. The van der Waals surface area contributed by atoms with E-state index in [1.165, 1.54) is 17.9 Å². The number of pyridine rings is 1. The van der Waals surface area contributed by atoms with Gasteiger partial charge >= 0.3 is 5.97 Å². The molecule has 1 aliphatic carbocycles. The van der Waals surface area contributed by atoms with E-state index in [4.69, 9.17) is 4.74 Å². The Morgan fingerprint density at radius 2 is 2.13 bits per heavy atom. The molecule has 2 N–H and O–H groups in total. The first kappa shape index (κ1) is 20.5. The zero-order valence-electron chi connectivity index (χ0n) is 17.2. The van der Waals surface area contributed by atoms with E-state index >= 15 is 0 Å². The number of rotatable bonds is 5. The molecule has 30 heavy (non-hydrogen) atoms. The summed E-state index contributed by atoms with van der Waals surface area (Å²) in [7, 11) is -0.244. The van der Waals surface area contributed by atoms with Crippen LogP contribution in [-0.4, -0.2) is 50.7 Å². The Morgan fingerprint density at radius 3 is 2.83 bits per heavy atom. The lowest BCUT2D eigenvalue weighted by Gasteiger charge is -2.33. The number of aromatic nitrogens is 1. The number of hydrogen-bond donors (Lipinski definition) is 2. The van der Waals surface area contributed by atoms with Gasteiger partial charge in [-0.1, -0.05) is 0 Å². The van der Waals surface area contributed by atoms with Crippen LogP contribution in [-0.2, 0) is 26.4 Å². The van der Waals surface area contributed by atoms with Crippen LogP contribution in [0.2, 0.25) is 0 Å². The maximum atomic E-state index is 13.1. The van der Waals surface area contributed by atoms with Crippen LogP contribution in [0.1, 0.15) is 24.0 Å². The minimum Gasteiger partial charge on any atom is -0.469 e. The lowest BCUT2D eigenvalue weighted by Crippen LogP contribution is -2.44. The lowest BCUT2D eigenvalue weighted by atomic mass is 9.83. The minimum absolute atomic E-state index is 0.0625. The fourth-order valence-corrected chi connectivity index (χ4v) is 5.26. The molecule has 4 rings (SSSR count). The molecular formula is C21H25N3O5S. The van der Waals surface area contributed by atoms with Gasteiger partial charge in [0.15, 0.2) is 9.84 Å². The number of ether oxygens (including phenoxy) is 1. The van der Waals surface area contributed by atoms with Gasteiger partial charge in [0.25, 0.3) is 5.56 Å². The van der Waals surface area contributed by atoms with Crippen LogP contribution in [0.25, 0.3) is 11.3 Å². The number of sulfone groups is 1. The van der Waals surface area contributed by atoms with E-state index < -0.39 is 9.84 Å². The number of carbonyl (C=O) groups is 1. The molecule has 0 amide bonds. The van der Waals surface area contributed by atoms with Crippen LogP contribution < -0.4 is 16.2 Å². The van der Waals surface area contributed by atoms with Gasteiger partial charge in [-0.3, -0.25) is 9.59 Å². The molecule has 0 aromatic carbocycles. The van der Waals surface area contributed by atoms with E-state index in [1.54, 1.807) is 19.3 Å². The monoisotopic (exact) mass is 431 g/mol. The Labute approximate surface area is 175 Å². The third-order valence-corrected chi connectivity index (χ3v) is 6.72. The Balaban J connectivity index is 1.84. The Hall–Kier alpha value is -2.81. The predicted molar refractivity (Wildman–Crippen MR) is 114 cm³/mol. The minimum atomic E-state index is -3.30. The number of hydrogen-bond acceptors (Lipinski definition) is 7. The molecule has 0 saturated heterocycles. The van der Waals surface area contributed by atoms with Gasteiger partial charge in [0.2, 0.25) is 0 Å². The van der Waals surface area contributed by atoms with Crippen molar-refractivity contribution >= 4 is 27.1 Å². The molecule has 0 spiro atoms. The van der Waals surface area contributed by atoms with E-state index in [9.17, 15) is 18.0 Å². The number of fused-ring (bicyclic) bond motifs is 2. The predicted octanol–water partition coefficient (Wildman–Crippen LogP) is 0.566. The van der Waals surface area contributed by atoms with Gasteiger partial charge in [0.1, 0.15) is 0 Å². The van der Waals surface area contributed by atoms with Crippen molar-refractivity contribution in [2.45, 2.75) is 18.9 Å². The van der Waals surface area contributed by atoms with Crippen molar-refractivity contribution in [3.05, 3.63) is 57.2 Å².